The van der Waals surface area contributed by atoms with Gasteiger partial charge in [0.15, 0.2) is 0 Å². The van der Waals surface area contributed by atoms with Gasteiger partial charge in [-0.1, -0.05) is 6.07 Å². The molecule has 0 aliphatic rings. The molecule has 106 valence electrons. The van der Waals surface area contributed by atoms with E-state index in [0.29, 0.717) is 12.5 Å². The van der Waals surface area contributed by atoms with Crippen LogP contribution in [-0.2, 0) is 12.1 Å². The quantitative estimate of drug-likeness (QED) is 0.798. The van der Waals surface area contributed by atoms with E-state index in [9.17, 15) is 5.11 Å². The van der Waals surface area contributed by atoms with Gasteiger partial charge in [-0.3, -0.25) is 9.99 Å². The van der Waals surface area contributed by atoms with Gasteiger partial charge in [0.2, 0.25) is 5.95 Å². The molecule has 0 unspecified atom stereocenters. The Hall–Kier alpha value is -2.05. The van der Waals surface area contributed by atoms with E-state index in [2.05, 4.69) is 20.4 Å². The molecule has 0 radical (unpaired) electrons. The summed E-state index contributed by atoms with van der Waals surface area (Å²) in [6, 6.07) is 5.54. The molecule has 2 aromatic heterocycles. The predicted octanol–water partition coefficient (Wildman–Crippen LogP) is 1.24. The van der Waals surface area contributed by atoms with E-state index < -0.39 is 5.60 Å². The lowest BCUT2D eigenvalue weighted by Gasteiger charge is -2.19. The SMILES string of the molecule is CN(NCc1ccc(C(C)(C)O)cn1)c1ncccn1. The van der Waals surface area contributed by atoms with Crippen molar-refractivity contribution in [2.45, 2.75) is 26.0 Å². The van der Waals surface area contributed by atoms with Crippen LogP contribution in [0, 0.1) is 0 Å². The number of nitrogens with zero attached hydrogens (tertiary/aromatic N) is 4. The normalized spacial score (nSPS) is 11.4. The van der Waals surface area contributed by atoms with Crippen LogP contribution in [0.1, 0.15) is 25.1 Å². The molecule has 2 rings (SSSR count). The average molecular weight is 273 g/mol. The summed E-state index contributed by atoms with van der Waals surface area (Å²) in [4.78, 5) is 12.6. The molecule has 20 heavy (non-hydrogen) atoms. The highest BCUT2D eigenvalue weighted by atomic mass is 16.3. The average Bonchev–Trinajstić information content (AvgIpc) is 2.45. The number of pyridine rings is 1. The molecular formula is C14H19N5O. The number of hydrogen-bond donors (Lipinski definition) is 2. The van der Waals surface area contributed by atoms with Crippen molar-refractivity contribution in [1.29, 1.82) is 0 Å². The van der Waals surface area contributed by atoms with Crippen LogP contribution >= 0.6 is 0 Å². The molecule has 0 spiro atoms. The molecule has 0 aliphatic heterocycles. The van der Waals surface area contributed by atoms with Gasteiger partial charge in [-0.05, 0) is 26.0 Å². The summed E-state index contributed by atoms with van der Waals surface area (Å²) >= 11 is 0. The first kappa shape index (κ1) is 14.4. The van der Waals surface area contributed by atoms with Crippen molar-refractivity contribution < 1.29 is 5.11 Å². The van der Waals surface area contributed by atoms with Crippen LogP contribution in [-0.4, -0.2) is 27.1 Å². The Bertz CT molecular complexity index is 536. The Balaban J connectivity index is 1.94. The molecule has 2 heterocycles. The first-order valence-electron chi connectivity index (χ1n) is 6.39. The van der Waals surface area contributed by atoms with E-state index in [4.69, 9.17) is 0 Å². The summed E-state index contributed by atoms with van der Waals surface area (Å²) in [6.45, 7) is 4.03. The van der Waals surface area contributed by atoms with Crippen LogP contribution in [0.5, 0.6) is 0 Å². The minimum atomic E-state index is -0.867. The van der Waals surface area contributed by atoms with E-state index in [1.54, 1.807) is 43.5 Å². The van der Waals surface area contributed by atoms with E-state index >= 15 is 0 Å². The van der Waals surface area contributed by atoms with Crippen molar-refractivity contribution in [3.8, 4) is 0 Å². The van der Waals surface area contributed by atoms with Crippen LogP contribution in [0.15, 0.2) is 36.8 Å². The van der Waals surface area contributed by atoms with Crippen LogP contribution < -0.4 is 10.4 Å². The molecule has 2 aromatic rings. The van der Waals surface area contributed by atoms with E-state index in [1.807, 2.05) is 19.2 Å². The fraction of sp³-hybridized carbons (Fsp3) is 0.357. The Labute approximate surface area is 118 Å². The third-order valence-electron chi connectivity index (χ3n) is 2.88. The zero-order chi connectivity index (χ0) is 14.6. The molecule has 0 aliphatic carbocycles. The number of aliphatic hydroxyl groups is 1. The second-order valence-electron chi connectivity index (χ2n) is 5.04. The van der Waals surface area contributed by atoms with Gasteiger partial charge in [0.25, 0.3) is 0 Å². The lowest BCUT2D eigenvalue weighted by atomic mass is 10.0. The Morgan fingerprint density at radius 1 is 1.20 bits per heavy atom. The van der Waals surface area contributed by atoms with Gasteiger partial charge < -0.3 is 5.11 Å². The molecule has 0 saturated carbocycles. The highest BCUT2D eigenvalue weighted by Gasteiger charge is 2.15. The van der Waals surface area contributed by atoms with Gasteiger partial charge in [0.05, 0.1) is 17.8 Å². The van der Waals surface area contributed by atoms with Crippen LogP contribution in [0.2, 0.25) is 0 Å². The molecule has 2 N–H and O–H groups in total. The number of nitrogens with one attached hydrogen (secondary N) is 1. The number of rotatable bonds is 5. The van der Waals surface area contributed by atoms with Crippen molar-refractivity contribution in [3.05, 3.63) is 48.0 Å². The molecule has 0 amide bonds. The lowest BCUT2D eigenvalue weighted by molar-refractivity contribution is 0.0782. The topological polar surface area (TPSA) is 74.2 Å². The molecular weight excluding hydrogens is 254 g/mol. The number of aromatic nitrogens is 3. The largest absolute Gasteiger partial charge is 0.386 e. The van der Waals surface area contributed by atoms with Crippen LogP contribution in [0.4, 0.5) is 5.95 Å². The number of hydrazine groups is 1. The second kappa shape index (κ2) is 5.94. The molecule has 6 heteroatoms. The van der Waals surface area contributed by atoms with Gasteiger partial charge in [0, 0.05) is 31.2 Å². The minimum Gasteiger partial charge on any atom is -0.386 e. The Morgan fingerprint density at radius 2 is 1.90 bits per heavy atom. The summed E-state index contributed by atoms with van der Waals surface area (Å²) in [5, 5.41) is 11.6. The van der Waals surface area contributed by atoms with Gasteiger partial charge in [-0.15, -0.1) is 0 Å². The molecule has 0 saturated heterocycles. The first-order valence-corrected chi connectivity index (χ1v) is 6.39. The zero-order valence-electron chi connectivity index (χ0n) is 11.9. The third kappa shape index (κ3) is 3.72. The second-order valence-corrected chi connectivity index (χ2v) is 5.04. The Kier molecular flexibility index (Phi) is 4.26. The highest BCUT2D eigenvalue weighted by molar-refractivity contribution is 5.25. The van der Waals surface area contributed by atoms with Gasteiger partial charge in [-0.2, -0.15) is 0 Å². The van der Waals surface area contributed by atoms with Crippen molar-refractivity contribution in [1.82, 2.24) is 20.4 Å². The summed E-state index contributed by atoms with van der Waals surface area (Å²) in [5.74, 6) is 0.598. The molecule has 0 atom stereocenters. The molecule has 0 fully saturated rings. The van der Waals surface area contributed by atoms with E-state index in [1.165, 1.54) is 0 Å². The Morgan fingerprint density at radius 3 is 2.45 bits per heavy atom. The van der Waals surface area contributed by atoms with Crippen molar-refractivity contribution >= 4 is 5.95 Å². The summed E-state index contributed by atoms with van der Waals surface area (Å²) in [5.41, 5.74) is 3.96. The number of hydrogen-bond acceptors (Lipinski definition) is 6. The number of anilines is 1. The monoisotopic (exact) mass is 273 g/mol. The van der Waals surface area contributed by atoms with Crippen LogP contribution in [0.3, 0.4) is 0 Å². The molecule has 0 bridgehead atoms. The van der Waals surface area contributed by atoms with Gasteiger partial charge in [0.1, 0.15) is 0 Å². The maximum Gasteiger partial charge on any atom is 0.239 e. The van der Waals surface area contributed by atoms with Crippen molar-refractivity contribution in [3.63, 3.8) is 0 Å². The maximum atomic E-state index is 9.87. The standard InChI is InChI=1S/C14H19N5O/c1-14(2,20)11-5-6-12(17-9-11)10-18-19(3)13-15-7-4-8-16-13/h4-9,18,20H,10H2,1-3H3. The smallest absolute Gasteiger partial charge is 0.239 e. The predicted molar refractivity (Wildman–Crippen MR) is 76.8 cm³/mol. The van der Waals surface area contributed by atoms with Crippen molar-refractivity contribution in [2.24, 2.45) is 0 Å². The fourth-order valence-corrected chi connectivity index (χ4v) is 1.63. The summed E-state index contributed by atoms with van der Waals surface area (Å²) in [7, 11) is 1.85. The molecule has 0 aromatic carbocycles. The van der Waals surface area contributed by atoms with Crippen molar-refractivity contribution in [2.75, 3.05) is 12.1 Å². The lowest BCUT2D eigenvalue weighted by Crippen LogP contribution is -2.35. The van der Waals surface area contributed by atoms with E-state index in [-0.39, 0.29) is 0 Å². The van der Waals surface area contributed by atoms with Gasteiger partial charge >= 0.3 is 0 Å². The first-order chi connectivity index (χ1) is 9.47. The van der Waals surface area contributed by atoms with Gasteiger partial charge in [-0.25, -0.2) is 15.4 Å². The molecule has 6 nitrogen and oxygen atoms in total. The minimum absolute atomic E-state index is 0.556. The zero-order valence-corrected chi connectivity index (χ0v) is 11.9. The maximum absolute atomic E-state index is 9.87. The highest BCUT2D eigenvalue weighted by Crippen LogP contribution is 2.18. The summed E-state index contributed by atoms with van der Waals surface area (Å²) in [6.07, 6.45) is 5.07. The summed E-state index contributed by atoms with van der Waals surface area (Å²) < 4.78 is 0. The van der Waals surface area contributed by atoms with Crippen LogP contribution in [0.25, 0.3) is 0 Å². The van der Waals surface area contributed by atoms with E-state index in [0.717, 1.165) is 11.3 Å². The fourth-order valence-electron chi connectivity index (χ4n) is 1.63. The third-order valence-corrected chi connectivity index (χ3v) is 2.88.